The predicted octanol–water partition coefficient (Wildman–Crippen LogP) is 6.60. The van der Waals surface area contributed by atoms with Crippen LogP contribution in [0.25, 0.3) is 0 Å². The molecule has 1 amide bonds. The highest BCUT2D eigenvalue weighted by Crippen LogP contribution is 2.62. The lowest BCUT2D eigenvalue weighted by Gasteiger charge is -2.57. The van der Waals surface area contributed by atoms with Crippen molar-refractivity contribution in [3.63, 3.8) is 0 Å². The number of alkyl halides is 3. The Labute approximate surface area is 237 Å². The first-order chi connectivity index (χ1) is 18.6. The molecule has 0 aromatic heterocycles. The van der Waals surface area contributed by atoms with Crippen LogP contribution < -0.4 is 10.1 Å². The number of aryl methyl sites for hydroxylation is 1. The van der Waals surface area contributed by atoms with Crippen LogP contribution in [0.3, 0.4) is 0 Å². The summed E-state index contributed by atoms with van der Waals surface area (Å²) in [6, 6.07) is 6.53. The third-order valence-corrected chi connectivity index (χ3v) is 11.9. The molecule has 3 fully saturated rings. The highest BCUT2D eigenvalue weighted by molar-refractivity contribution is 7.89. The van der Waals surface area contributed by atoms with Crippen molar-refractivity contribution in [2.45, 2.75) is 97.1 Å². The molecule has 2 N–H and O–H groups in total. The molecule has 6 nitrogen and oxygen atoms in total. The van der Waals surface area contributed by atoms with Gasteiger partial charge in [-0.15, -0.1) is 0 Å². The van der Waals surface area contributed by atoms with Crippen molar-refractivity contribution >= 4 is 21.6 Å². The van der Waals surface area contributed by atoms with Crippen LogP contribution >= 0.6 is 0 Å². The maximum atomic E-state index is 13.2. The number of hydrogen-bond donors (Lipinski definition) is 2. The summed E-state index contributed by atoms with van der Waals surface area (Å²) >= 11 is 0. The van der Waals surface area contributed by atoms with Gasteiger partial charge in [0.1, 0.15) is 0 Å². The van der Waals surface area contributed by atoms with Crippen LogP contribution in [-0.2, 0) is 14.8 Å². The number of halogens is 3. The molecule has 0 radical (unpaired) electrons. The smallest absolute Gasteiger partial charge is 0.348 e. The number of amides is 1. The fourth-order valence-electron chi connectivity index (χ4n) is 8.31. The van der Waals surface area contributed by atoms with Gasteiger partial charge in [0.2, 0.25) is 0 Å². The molecule has 1 aromatic rings. The zero-order valence-corrected chi connectivity index (χ0v) is 25.1. The number of fused-ring (bicyclic) bond motifs is 1. The van der Waals surface area contributed by atoms with E-state index in [9.17, 15) is 26.4 Å². The minimum Gasteiger partial charge on any atom is -0.348 e. The molecule has 0 bridgehead atoms. The predicted molar refractivity (Wildman–Crippen MR) is 150 cm³/mol. The van der Waals surface area contributed by atoms with Crippen molar-refractivity contribution in [3.05, 3.63) is 29.8 Å². The molecule has 40 heavy (non-hydrogen) atoms. The van der Waals surface area contributed by atoms with Crippen molar-refractivity contribution < 1.29 is 26.4 Å². The molecule has 10 heteroatoms. The van der Waals surface area contributed by atoms with Crippen molar-refractivity contribution in [3.8, 4) is 0 Å². The zero-order valence-electron chi connectivity index (χ0n) is 24.3. The molecule has 0 unspecified atom stereocenters. The average molecular weight is 584 g/mol. The van der Waals surface area contributed by atoms with Gasteiger partial charge in [-0.1, -0.05) is 58.2 Å². The van der Waals surface area contributed by atoms with E-state index in [2.05, 4.69) is 42.9 Å². The maximum absolute atomic E-state index is 13.2. The largest absolute Gasteiger partial charge is 0.471 e. The van der Waals surface area contributed by atoms with Crippen LogP contribution in [0, 0.1) is 47.3 Å². The number of nitrogens with zero attached hydrogens (tertiary/aromatic N) is 1. The number of rotatable bonds is 7. The van der Waals surface area contributed by atoms with Gasteiger partial charge in [0.25, 0.3) is 10.0 Å². The Balaban J connectivity index is 1.63. The van der Waals surface area contributed by atoms with E-state index in [1.54, 1.807) is 12.1 Å². The summed E-state index contributed by atoms with van der Waals surface area (Å²) in [4.78, 5) is 14.5. The first-order valence-electron chi connectivity index (χ1n) is 14.6. The number of carbonyl (C=O) groups excluding carboxylic acids is 1. The van der Waals surface area contributed by atoms with E-state index in [1.165, 1.54) is 12.1 Å². The molecule has 0 aliphatic heterocycles. The minimum atomic E-state index is -4.93. The van der Waals surface area contributed by atoms with Gasteiger partial charge in [-0.05, 0) is 92.6 Å². The lowest BCUT2D eigenvalue weighted by atomic mass is 9.48. The fourth-order valence-corrected chi connectivity index (χ4v) is 9.15. The number of benzene rings is 1. The summed E-state index contributed by atoms with van der Waals surface area (Å²) in [6.07, 6.45) is 2.20. The second-order valence-corrected chi connectivity index (χ2v) is 14.7. The van der Waals surface area contributed by atoms with Crippen molar-refractivity contribution in [2.24, 2.45) is 45.5 Å². The van der Waals surface area contributed by atoms with Crippen LogP contribution in [-0.4, -0.2) is 32.8 Å². The zero-order chi connectivity index (χ0) is 29.5. The van der Waals surface area contributed by atoms with Gasteiger partial charge in [-0.25, -0.2) is 4.83 Å². The summed E-state index contributed by atoms with van der Waals surface area (Å²) < 4.78 is 65.4. The lowest BCUT2D eigenvalue weighted by Crippen LogP contribution is -2.54. The Morgan fingerprint density at radius 2 is 1.75 bits per heavy atom. The van der Waals surface area contributed by atoms with Gasteiger partial charge in [-0.2, -0.15) is 26.7 Å². The fraction of sp³-hybridized carbons (Fsp3) is 0.733. The maximum Gasteiger partial charge on any atom is 0.471 e. The second-order valence-electron chi connectivity index (χ2n) is 13.0. The van der Waals surface area contributed by atoms with Gasteiger partial charge < -0.3 is 5.32 Å². The van der Waals surface area contributed by atoms with E-state index >= 15 is 0 Å². The van der Waals surface area contributed by atoms with Crippen molar-refractivity contribution in [1.29, 1.82) is 0 Å². The highest BCUT2D eigenvalue weighted by atomic mass is 32.2. The number of hydrogen-bond acceptors (Lipinski definition) is 4. The summed E-state index contributed by atoms with van der Waals surface area (Å²) in [5, 5.41) is 6.66. The number of hydrazone groups is 1. The standard InChI is InChI=1S/C30H44F3N3O3S/c1-6-21-17-20(3)13-15-28(21,4)25-14-16-29(5)24(23(25)18-34-27(37)30(31,32)33)11-12-26(29)35-36-40(38,39)22-9-7-19(2)8-10-22/h7-10,20-21,23-25,36H,6,11-18H2,1-5H3,(H,34,37)/b35-26-/t20-,21-,23-,24-,25-,28-,29-/m0/s1. The molecule has 224 valence electrons. The van der Waals surface area contributed by atoms with Crippen LogP contribution in [0.15, 0.2) is 34.3 Å². The molecular weight excluding hydrogens is 539 g/mol. The van der Waals surface area contributed by atoms with Gasteiger partial charge in [0.15, 0.2) is 0 Å². The average Bonchev–Trinajstić information content (AvgIpc) is 3.23. The van der Waals surface area contributed by atoms with E-state index in [0.29, 0.717) is 24.7 Å². The first kappa shape index (κ1) is 30.8. The molecule has 1 aromatic carbocycles. The molecule has 0 spiro atoms. The van der Waals surface area contributed by atoms with Crippen LogP contribution in [0.1, 0.15) is 84.6 Å². The molecule has 7 atom stereocenters. The Morgan fingerprint density at radius 3 is 2.38 bits per heavy atom. The molecule has 3 aliphatic rings. The SMILES string of the molecule is CC[C@H]1C[C@@H](C)CC[C@]1(C)[C@H]1CC[C@]2(C)/C(=N\NS(=O)(=O)c3ccc(C)cc3)CC[C@H]2[C@@H]1CNC(=O)C(F)(F)F. The minimum absolute atomic E-state index is 0.00362. The van der Waals surface area contributed by atoms with E-state index in [1.807, 2.05) is 6.92 Å². The number of carbonyl (C=O) groups is 1. The molecule has 0 saturated heterocycles. The highest BCUT2D eigenvalue weighted by Gasteiger charge is 2.57. The topological polar surface area (TPSA) is 87.6 Å². The molecule has 4 rings (SSSR count). The van der Waals surface area contributed by atoms with Gasteiger partial charge >= 0.3 is 12.1 Å². The Morgan fingerprint density at radius 1 is 1.07 bits per heavy atom. The van der Waals surface area contributed by atoms with Crippen LogP contribution in [0.4, 0.5) is 13.2 Å². The molecule has 0 heterocycles. The van der Waals surface area contributed by atoms with Gasteiger partial charge in [0.05, 0.1) is 4.90 Å². The van der Waals surface area contributed by atoms with E-state index < -0.39 is 27.5 Å². The number of sulfonamides is 1. The van der Waals surface area contributed by atoms with E-state index in [4.69, 9.17) is 0 Å². The lowest BCUT2D eigenvalue weighted by molar-refractivity contribution is -0.174. The van der Waals surface area contributed by atoms with Gasteiger partial charge in [-0.3, -0.25) is 4.79 Å². The third-order valence-electron chi connectivity index (χ3n) is 10.7. The molecule has 3 aliphatic carbocycles. The quantitative estimate of drug-likeness (QED) is 0.355. The van der Waals surface area contributed by atoms with Crippen LogP contribution in [0.5, 0.6) is 0 Å². The number of nitrogens with one attached hydrogen (secondary N) is 2. The monoisotopic (exact) mass is 583 g/mol. The summed E-state index contributed by atoms with van der Waals surface area (Å²) in [7, 11) is -3.85. The normalized spacial score (nSPS) is 35.8. The van der Waals surface area contributed by atoms with E-state index in [-0.39, 0.29) is 34.6 Å². The Kier molecular flexibility index (Phi) is 8.71. The third kappa shape index (κ3) is 5.93. The van der Waals surface area contributed by atoms with Crippen molar-refractivity contribution in [2.75, 3.05) is 6.54 Å². The summed E-state index contributed by atoms with van der Waals surface area (Å²) in [6.45, 7) is 10.7. The van der Waals surface area contributed by atoms with Crippen molar-refractivity contribution in [1.82, 2.24) is 10.1 Å². The second kappa shape index (κ2) is 11.3. The summed E-state index contributed by atoms with van der Waals surface area (Å²) in [5.74, 6) is -0.787. The summed E-state index contributed by atoms with van der Waals surface area (Å²) in [5.41, 5.74) is 1.21. The van der Waals surface area contributed by atoms with E-state index in [0.717, 1.165) is 49.8 Å². The molecular formula is C30H44F3N3O3S. The Hall–Kier alpha value is -2.10. The first-order valence-corrected chi connectivity index (χ1v) is 16.1. The van der Waals surface area contributed by atoms with Gasteiger partial charge in [0, 0.05) is 17.7 Å². The molecule has 3 saturated carbocycles. The van der Waals surface area contributed by atoms with Crippen LogP contribution in [0.2, 0.25) is 0 Å². The Bertz CT molecular complexity index is 1220.